The number of amides is 2. The number of ether oxygens (including phenoxy) is 2. The van der Waals surface area contributed by atoms with Crippen molar-refractivity contribution in [2.75, 3.05) is 6.79 Å². The van der Waals surface area contributed by atoms with Crippen LogP contribution in [0.15, 0.2) is 22.5 Å². The number of fused-ring (bicyclic) bond motifs is 1. The minimum Gasteiger partial charge on any atom is -0.454 e. The molecule has 0 saturated carbocycles. The molecule has 26 heavy (non-hydrogen) atoms. The number of primary amides is 1. The summed E-state index contributed by atoms with van der Waals surface area (Å²) in [7, 11) is 0. The Balaban J connectivity index is 1.54. The maximum Gasteiger partial charge on any atom is 0.233 e. The number of thioether (sulfide) groups is 1. The van der Waals surface area contributed by atoms with Gasteiger partial charge in [0.05, 0.1) is 17.4 Å². The summed E-state index contributed by atoms with van der Waals surface area (Å²) in [6.07, 6.45) is 0.175. The van der Waals surface area contributed by atoms with Gasteiger partial charge < -0.3 is 20.5 Å². The molecule has 138 valence electrons. The number of thiazole rings is 1. The van der Waals surface area contributed by atoms with Gasteiger partial charge in [-0.1, -0.05) is 17.8 Å². The molecular weight excluding hydrogens is 374 g/mol. The summed E-state index contributed by atoms with van der Waals surface area (Å²) in [4.78, 5) is 28.7. The van der Waals surface area contributed by atoms with Gasteiger partial charge in [-0.3, -0.25) is 9.59 Å². The van der Waals surface area contributed by atoms with E-state index in [1.807, 2.05) is 32.0 Å². The quantitative estimate of drug-likeness (QED) is 0.698. The van der Waals surface area contributed by atoms with Crippen molar-refractivity contribution < 1.29 is 19.1 Å². The lowest BCUT2D eigenvalue weighted by Crippen LogP contribution is -2.30. The highest BCUT2D eigenvalue weighted by Gasteiger charge is 2.19. The number of aromatic nitrogens is 1. The van der Waals surface area contributed by atoms with Crippen LogP contribution >= 0.6 is 23.1 Å². The molecule has 7 nitrogen and oxygen atoms in total. The molecule has 3 rings (SSSR count). The standard InChI is InChI=1S/C17H19N3O4S2/c1-9-14(6-15(18)21)26-17(20-9)25-10(2)16(22)19-7-11-3-4-12-13(5-11)24-8-23-12/h3-5,10H,6-8H2,1-2H3,(H2,18,21)(H,19,22)/t10-/m0/s1. The lowest BCUT2D eigenvalue weighted by Gasteiger charge is -2.11. The monoisotopic (exact) mass is 393 g/mol. The molecule has 1 aromatic heterocycles. The smallest absolute Gasteiger partial charge is 0.233 e. The second kappa shape index (κ2) is 7.96. The summed E-state index contributed by atoms with van der Waals surface area (Å²) < 4.78 is 11.4. The summed E-state index contributed by atoms with van der Waals surface area (Å²) in [5.41, 5.74) is 6.95. The molecule has 0 aliphatic carbocycles. The van der Waals surface area contributed by atoms with Crippen molar-refractivity contribution in [2.24, 2.45) is 5.73 Å². The van der Waals surface area contributed by atoms with Crippen LogP contribution in [0.4, 0.5) is 0 Å². The van der Waals surface area contributed by atoms with Gasteiger partial charge in [0, 0.05) is 11.4 Å². The Kier molecular flexibility index (Phi) is 5.67. The number of nitrogens with zero attached hydrogens (tertiary/aromatic N) is 1. The highest BCUT2D eigenvalue weighted by molar-refractivity contribution is 8.02. The number of carbonyl (C=O) groups is 2. The van der Waals surface area contributed by atoms with Gasteiger partial charge in [0.15, 0.2) is 15.8 Å². The van der Waals surface area contributed by atoms with Crippen molar-refractivity contribution in [3.63, 3.8) is 0 Å². The molecule has 1 aliphatic rings. The Bertz CT molecular complexity index is 837. The Morgan fingerprint density at radius 1 is 1.38 bits per heavy atom. The number of aryl methyl sites for hydroxylation is 1. The van der Waals surface area contributed by atoms with Crippen molar-refractivity contribution in [3.05, 3.63) is 34.3 Å². The van der Waals surface area contributed by atoms with Crippen LogP contribution in [0.25, 0.3) is 0 Å². The van der Waals surface area contributed by atoms with E-state index in [1.165, 1.54) is 23.1 Å². The third kappa shape index (κ3) is 4.47. The average molecular weight is 393 g/mol. The highest BCUT2D eigenvalue weighted by atomic mass is 32.2. The average Bonchev–Trinajstić information content (AvgIpc) is 3.18. The van der Waals surface area contributed by atoms with Crippen molar-refractivity contribution in [1.82, 2.24) is 10.3 Å². The predicted molar refractivity (Wildman–Crippen MR) is 99.5 cm³/mol. The van der Waals surface area contributed by atoms with Gasteiger partial charge in [-0.25, -0.2) is 4.98 Å². The minimum atomic E-state index is -0.386. The fourth-order valence-electron chi connectivity index (χ4n) is 2.36. The zero-order valence-corrected chi connectivity index (χ0v) is 16.0. The number of hydrogen-bond donors (Lipinski definition) is 2. The molecule has 0 radical (unpaired) electrons. The van der Waals surface area contributed by atoms with Crippen LogP contribution in [0, 0.1) is 6.92 Å². The molecule has 0 fully saturated rings. The first-order chi connectivity index (χ1) is 12.4. The second-order valence-corrected chi connectivity index (χ2v) is 8.47. The summed E-state index contributed by atoms with van der Waals surface area (Å²) in [6, 6.07) is 5.59. The first kappa shape index (κ1) is 18.5. The molecule has 1 atom stereocenters. The van der Waals surface area contributed by atoms with E-state index in [2.05, 4.69) is 10.3 Å². The molecule has 2 aromatic rings. The number of hydrogen-bond acceptors (Lipinski definition) is 7. The van der Waals surface area contributed by atoms with Gasteiger partial charge >= 0.3 is 0 Å². The first-order valence-corrected chi connectivity index (χ1v) is 9.69. The van der Waals surface area contributed by atoms with Gasteiger partial charge in [0.1, 0.15) is 0 Å². The fraction of sp³-hybridized carbons (Fsp3) is 0.353. The Morgan fingerprint density at radius 3 is 2.92 bits per heavy atom. The third-order valence-corrected chi connectivity index (χ3v) is 6.11. The maximum atomic E-state index is 12.3. The molecule has 1 aliphatic heterocycles. The van der Waals surface area contributed by atoms with E-state index in [4.69, 9.17) is 15.2 Å². The van der Waals surface area contributed by atoms with E-state index >= 15 is 0 Å². The van der Waals surface area contributed by atoms with E-state index in [0.717, 1.165) is 26.2 Å². The SMILES string of the molecule is Cc1nc(S[C@@H](C)C(=O)NCc2ccc3c(c2)OCO3)sc1CC(N)=O. The van der Waals surface area contributed by atoms with Crippen LogP contribution in [0.5, 0.6) is 11.5 Å². The molecule has 3 N–H and O–H groups in total. The summed E-state index contributed by atoms with van der Waals surface area (Å²) in [5, 5.41) is 2.60. The zero-order chi connectivity index (χ0) is 18.7. The molecule has 0 spiro atoms. The molecular formula is C17H19N3O4S2. The van der Waals surface area contributed by atoms with Gasteiger partial charge in [0.2, 0.25) is 18.6 Å². The van der Waals surface area contributed by atoms with Crippen LogP contribution < -0.4 is 20.5 Å². The van der Waals surface area contributed by atoms with Crippen molar-refractivity contribution in [1.29, 1.82) is 0 Å². The number of rotatable bonds is 7. The van der Waals surface area contributed by atoms with Crippen LogP contribution in [-0.2, 0) is 22.6 Å². The van der Waals surface area contributed by atoms with Gasteiger partial charge in [0.25, 0.3) is 0 Å². The molecule has 0 unspecified atom stereocenters. The molecule has 2 amide bonds. The van der Waals surface area contributed by atoms with E-state index in [0.29, 0.717) is 12.3 Å². The van der Waals surface area contributed by atoms with Crippen molar-refractivity contribution in [3.8, 4) is 11.5 Å². The molecule has 1 aromatic carbocycles. The van der Waals surface area contributed by atoms with Crippen molar-refractivity contribution >= 4 is 34.9 Å². The largest absolute Gasteiger partial charge is 0.454 e. The Morgan fingerprint density at radius 2 is 2.15 bits per heavy atom. The predicted octanol–water partition coefficient (Wildman–Crippen LogP) is 2.01. The van der Waals surface area contributed by atoms with Gasteiger partial charge in [-0.05, 0) is 31.5 Å². The number of nitrogens with one attached hydrogen (secondary N) is 1. The highest BCUT2D eigenvalue weighted by Crippen LogP contribution is 2.33. The molecule has 9 heteroatoms. The van der Waals surface area contributed by atoms with Crippen LogP contribution in [0.3, 0.4) is 0 Å². The van der Waals surface area contributed by atoms with E-state index in [9.17, 15) is 9.59 Å². The first-order valence-electron chi connectivity index (χ1n) is 8.00. The topological polar surface area (TPSA) is 104 Å². The maximum absolute atomic E-state index is 12.3. The Labute approximate surface area is 159 Å². The minimum absolute atomic E-state index is 0.0861. The van der Waals surface area contributed by atoms with E-state index in [1.54, 1.807) is 0 Å². The molecule has 0 bridgehead atoms. The zero-order valence-electron chi connectivity index (χ0n) is 14.4. The summed E-state index contributed by atoms with van der Waals surface area (Å²) in [6.45, 7) is 4.29. The normalized spacial score (nSPS) is 13.5. The number of benzene rings is 1. The lowest BCUT2D eigenvalue weighted by molar-refractivity contribution is -0.120. The van der Waals surface area contributed by atoms with Crippen LogP contribution in [0.1, 0.15) is 23.1 Å². The lowest BCUT2D eigenvalue weighted by atomic mass is 10.2. The van der Waals surface area contributed by atoms with Crippen molar-refractivity contribution in [2.45, 2.75) is 36.4 Å². The fourth-order valence-corrected chi connectivity index (χ4v) is 4.77. The van der Waals surface area contributed by atoms with Crippen LogP contribution in [-0.4, -0.2) is 28.8 Å². The second-order valence-electron chi connectivity index (χ2n) is 5.80. The number of nitrogens with two attached hydrogens (primary N) is 1. The summed E-state index contributed by atoms with van der Waals surface area (Å²) in [5.74, 6) is 0.939. The van der Waals surface area contributed by atoms with E-state index in [-0.39, 0.29) is 30.3 Å². The van der Waals surface area contributed by atoms with Gasteiger partial charge in [-0.15, -0.1) is 11.3 Å². The summed E-state index contributed by atoms with van der Waals surface area (Å²) >= 11 is 2.77. The Hall–Kier alpha value is -2.26. The number of carbonyl (C=O) groups excluding carboxylic acids is 2. The molecule has 2 heterocycles. The van der Waals surface area contributed by atoms with Gasteiger partial charge in [-0.2, -0.15) is 0 Å². The van der Waals surface area contributed by atoms with Crippen LogP contribution in [0.2, 0.25) is 0 Å². The third-order valence-electron chi connectivity index (χ3n) is 3.76. The van der Waals surface area contributed by atoms with E-state index < -0.39 is 0 Å². The molecule has 0 saturated heterocycles.